The van der Waals surface area contributed by atoms with E-state index in [1.165, 1.54) is 0 Å². The van der Waals surface area contributed by atoms with Crippen LogP contribution < -0.4 is 0 Å². The van der Waals surface area contributed by atoms with Crippen molar-refractivity contribution in [1.29, 1.82) is 0 Å². The van der Waals surface area contributed by atoms with Crippen molar-refractivity contribution in [2.75, 3.05) is 13.2 Å². The van der Waals surface area contributed by atoms with Crippen LogP contribution in [0.15, 0.2) is 0 Å². The van der Waals surface area contributed by atoms with E-state index in [2.05, 4.69) is 6.92 Å². The summed E-state index contributed by atoms with van der Waals surface area (Å²) in [5.74, 6) is 0. The van der Waals surface area contributed by atoms with Crippen LogP contribution in [0.3, 0.4) is 0 Å². The van der Waals surface area contributed by atoms with Gasteiger partial charge in [0.25, 0.3) is 0 Å². The molecule has 1 aliphatic heterocycles. The van der Waals surface area contributed by atoms with Crippen molar-refractivity contribution in [3.63, 3.8) is 0 Å². The van der Waals surface area contributed by atoms with Gasteiger partial charge in [0.15, 0.2) is 0 Å². The summed E-state index contributed by atoms with van der Waals surface area (Å²) in [6.45, 7) is 3.78. The maximum Gasteiger partial charge on any atom is 0.211 e. The third kappa shape index (κ3) is 2.48. The Hall–Kier alpha value is -0.570. The van der Waals surface area contributed by atoms with Gasteiger partial charge in [-0.1, -0.05) is 13.3 Å². The molecule has 1 heterocycles. The molecule has 0 radical (unpaired) electrons. The summed E-state index contributed by atoms with van der Waals surface area (Å²) in [7, 11) is 0. The van der Waals surface area contributed by atoms with Gasteiger partial charge in [-0.05, 0) is 19.3 Å². The monoisotopic (exact) mass is 171 g/mol. The van der Waals surface area contributed by atoms with Gasteiger partial charge < -0.3 is 9.64 Å². The highest BCUT2D eigenvalue weighted by Gasteiger charge is 2.22. The lowest BCUT2D eigenvalue weighted by Gasteiger charge is -2.19. The molecule has 1 amide bonds. The summed E-state index contributed by atoms with van der Waals surface area (Å²) in [6.07, 6.45) is 5.27. The maximum atomic E-state index is 10.5. The van der Waals surface area contributed by atoms with E-state index in [1.54, 1.807) is 4.90 Å². The van der Waals surface area contributed by atoms with E-state index in [1.807, 2.05) is 0 Å². The van der Waals surface area contributed by atoms with Crippen molar-refractivity contribution in [3.05, 3.63) is 0 Å². The van der Waals surface area contributed by atoms with E-state index in [9.17, 15) is 4.79 Å². The maximum absolute atomic E-state index is 10.5. The van der Waals surface area contributed by atoms with Crippen molar-refractivity contribution >= 4 is 6.41 Å². The Morgan fingerprint density at radius 2 is 2.50 bits per heavy atom. The Bertz CT molecular complexity index is 138. The summed E-state index contributed by atoms with van der Waals surface area (Å²) >= 11 is 0. The Kier molecular flexibility index (Phi) is 4.08. The molecule has 0 saturated carbocycles. The first-order valence-corrected chi connectivity index (χ1v) is 4.71. The molecule has 3 nitrogen and oxygen atoms in total. The number of carbonyl (C=O) groups is 1. The Balaban J connectivity index is 2.17. The van der Waals surface area contributed by atoms with Crippen molar-refractivity contribution in [1.82, 2.24) is 4.90 Å². The molecule has 70 valence electrons. The largest absolute Gasteiger partial charge is 0.358 e. The van der Waals surface area contributed by atoms with E-state index >= 15 is 0 Å². The van der Waals surface area contributed by atoms with E-state index in [0.717, 1.165) is 45.2 Å². The average molecular weight is 171 g/mol. The molecule has 0 aromatic heterocycles. The lowest BCUT2D eigenvalue weighted by molar-refractivity contribution is -0.128. The Labute approximate surface area is 73.7 Å². The summed E-state index contributed by atoms with van der Waals surface area (Å²) in [5.41, 5.74) is 0. The zero-order valence-electron chi connectivity index (χ0n) is 7.66. The number of likely N-dealkylation sites (tertiary alicyclic amines) is 1. The number of hydrogen-bond donors (Lipinski definition) is 0. The van der Waals surface area contributed by atoms with Crippen LogP contribution >= 0.6 is 0 Å². The Morgan fingerprint density at radius 1 is 1.67 bits per heavy atom. The first-order valence-electron chi connectivity index (χ1n) is 4.71. The molecule has 0 aromatic carbocycles. The number of hydrogen-bond acceptors (Lipinski definition) is 2. The van der Waals surface area contributed by atoms with Crippen LogP contribution in [0, 0.1) is 0 Å². The normalized spacial score (nSPS) is 23.1. The zero-order valence-corrected chi connectivity index (χ0v) is 7.66. The molecule has 1 atom stereocenters. The lowest BCUT2D eigenvalue weighted by atomic mass is 10.3. The van der Waals surface area contributed by atoms with E-state index in [-0.39, 0.29) is 6.23 Å². The minimum Gasteiger partial charge on any atom is -0.358 e. The van der Waals surface area contributed by atoms with Gasteiger partial charge >= 0.3 is 0 Å². The summed E-state index contributed by atoms with van der Waals surface area (Å²) < 4.78 is 5.54. The highest BCUT2D eigenvalue weighted by molar-refractivity contribution is 5.47. The van der Waals surface area contributed by atoms with Gasteiger partial charge in [0.2, 0.25) is 6.41 Å². The molecule has 3 heteroatoms. The number of amides is 1. The lowest BCUT2D eigenvalue weighted by Crippen LogP contribution is -2.30. The second kappa shape index (κ2) is 5.14. The quantitative estimate of drug-likeness (QED) is 0.462. The van der Waals surface area contributed by atoms with Crippen LogP contribution in [-0.2, 0) is 9.53 Å². The van der Waals surface area contributed by atoms with Crippen molar-refractivity contribution in [3.8, 4) is 0 Å². The first-order chi connectivity index (χ1) is 5.88. The third-order valence-electron chi connectivity index (χ3n) is 2.18. The van der Waals surface area contributed by atoms with Crippen molar-refractivity contribution in [2.24, 2.45) is 0 Å². The smallest absolute Gasteiger partial charge is 0.211 e. The van der Waals surface area contributed by atoms with Gasteiger partial charge in [-0.3, -0.25) is 4.79 Å². The van der Waals surface area contributed by atoms with Gasteiger partial charge in [-0.15, -0.1) is 0 Å². The molecule has 1 saturated heterocycles. The molecule has 1 aliphatic rings. The van der Waals surface area contributed by atoms with Crippen molar-refractivity contribution < 1.29 is 9.53 Å². The average Bonchev–Trinajstić information content (AvgIpc) is 2.52. The zero-order chi connectivity index (χ0) is 8.81. The van der Waals surface area contributed by atoms with Crippen molar-refractivity contribution in [2.45, 2.75) is 38.8 Å². The number of unbranched alkanes of at least 4 members (excludes halogenated alkanes) is 1. The van der Waals surface area contributed by atoms with E-state index in [4.69, 9.17) is 4.74 Å². The van der Waals surface area contributed by atoms with E-state index in [0.29, 0.717) is 0 Å². The predicted octanol–water partition coefficient (Wildman–Crippen LogP) is 1.38. The number of carbonyl (C=O) groups excluding carboxylic acids is 1. The fourth-order valence-electron chi connectivity index (χ4n) is 1.42. The molecular weight excluding hydrogens is 154 g/mol. The highest BCUT2D eigenvalue weighted by atomic mass is 16.5. The molecule has 0 N–H and O–H groups in total. The minimum atomic E-state index is 0.0639. The summed E-state index contributed by atoms with van der Waals surface area (Å²) in [4.78, 5) is 12.2. The molecule has 0 aromatic rings. The molecule has 1 fully saturated rings. The topological polar surface area (TPSA) is 29.5 Å². The molecular formula is C9H17NO2. The number of ether oxygens (including phenoxy) is 1. The predicted molar refractivity (Wildman–Crippen MR) is 46.7 cm³/mol. The minimum absolute atomic E-state index is 0.0639. The summed E-state index contributed by atoms with van der Waals surface area (Å²) in [5, 5.41) is 0. The molecule has 12 heavy (non-hydrogen) atoms. The second-order valence-electron chi connectivity index (χ2n) is 3.16. The van der Waals surface area contributed by atoms with E-state index < -0.39 is 0 Å². The fourth-order valence-corrected chi connectivity index (χ4v) is 1.42. The van der Waals surface area contributed by atoms with Gasteiger partial charge in [0, 0.05) is 13.2 Å². The van der Waals surface area contributed by atoms with Crippen LogP contribution in [0.1, 0.15) is 32.6 Å². The van der Waals surface area contributed by atoms with Gasteiger partial charge in [-0.2, -0.15) is 0 Å². The number of rotatable bonds is 5. The van der Waals surface area contributed by atoms with Gasteiger partial charge in [0.05, 0.1) is 0 Å². The first kappa shape index (κ1) is 9.52. The summed E-state index contributed by atoms with van der Waals surface area (Å²) in [6, 6.07) is 0. The van der Waals surface area contributed by atoms with Crippen LogP contribution in [-0.4, -0.2) is 30.7 Å². The second-order valence-corrected chi connectivity index (χ2v) is 3.16. The van der Waals surface area contributed by atoms with Crippen LogP contribution in [0.5, 0.6) is 0 Å². The highest BCUT2D eigenvalue weighted by Crippen LogP contribution is 2.16. The molecule has 1 unspecified atom stereocenters. The van der Waals surface area contributed by atoms with Crippen LogP contribution in [0.4, 0.5) is 0 Å². The fraction of sp³-hybridized carbons (Fsp3) is 0.889. The SMILES string of the molecule is CCCCOC1CCCN1C=O. The molecule has 1 rings (SSSR count). The van der Waals surface area contributed by atoms with Gasteiger partial charge in [-0.25, -0.2) is 0 Å². The molecule has 0 spiro atoms. The molecule has 0 bridgehead atoms. The van der Waals surface area contributed by atoms with Gasteiger partial charge in [0.1, 0.15) is 6.23 Å². The van der Waals surface area contributed by atoms with Crippen LogP contribution in [0.2, 0.25) is 0 Å². The third-order valence-corrected chi connectivity index (χ3v) is 2.18. The molecule has 0 aliphatic carbocycles. The Morgan fingerprint density at radius 3 is 3.17 bits per heavy atom. The number of nitrogens with zero attached hydrogens (tertiary/aromatic N) is 1. The standard InChI is InChI=1S/C9H17NO2/c1-2-3-7-12-9-5-4-6-10(9)8-11/h8-9H,2-7H2,1H3. The van der Waals surface area contributed by atoms with Crippen LogP contribution in [0.25, 0.3) is 0 Å².